The van der Waals surface area contributed by atoms with Crippen LogP contribution in [-0.2, 0) is 4.79 Å². The Kier molecular flexibility index (Phi) is 4.98. The zero-order valence-electron chi connectivity index (χ0n) is 9.48. The molecule has 0 fully saturated rings. The fourth-order valence-electron chi connectivity index (χ4n) is 1.43. The lowest BCUT2D eigenvalue weighted by Crippen LogP contribution is -2.19. The summed E-state index contributed by atoms with van der Waals surface area (Å²) in [6.45, 7) is 0.671. The van der Waals surface area contributed by atoms with Crippen LogP contribution < -0.4 is 4.90 Å². The lowest BCUT2D eigenvalue weighted by atomic mass is 10.2. The molecule has 0 aliphatic carbocycles. The quantitative estimate of drug-likeness (QED) is 0.907. The van der Waals surface area contributed by atoms with E-state index in [1.165, 1.54) is 0 Å². The third-order valence-corrected chi connectivity index (χ3v) is 3.05. The number of hydrogen-bond acceptors (Lipinski definition) is 3. The fraction of sp³-hybridized carbons (Fsp3) is 0.333. The van der Waals surface area contributed by atoms with Crippen molar-refractivity contribution in [2.45, 2.75) is 12.8 Å². The van der Waals surface area contributed by atoms with E-state index in [9.17, 15) is 4.79 Å². The van der Waals surface area contributed by atoms with E-state index in [-0.39, 0.29) is 6.42 Å². The first-order chi connectivity index (χ1) is 8.04. The highest BCUT2D eigenvalue weighted by molar-refractivity contribution is 9.10. The van der Waals surface area contributed by atoms with E-state index in [1.807, 2.05) is 24.1 Å². The van der Waals surface area contributed by atoms with Crippen LogP contribution in [0.15, 0.2) is 22.7 Å². The first kappa shape index (κ1) is 13.5. The summed E-state index contributed by atoms with van der Waals surface area (Å²) in [5.74, 6) is -0.778. The topological polar surface area (TPSA) is 64.3 Å². The minimum Gasteiger partial charge on any atom is -0.481 e. The van der Waals surface area contributed by atoms with Crippen molar-refractivity contribution in [3.05, 3.63) is 28.2 Å². The fourth-order valence-corrected chi connectivity index (χ4v) is 1.88. The summed E-state index contributed by atoms with van der Waals surface area (Å²) in [6, 6.07) is 7.53. The average molecular weight is 297 g/mol. The van der Waals surface area contributed by atoms with E-state index in [1.54, 1.807) is 6.07 Å². The van der Waals surface area contributed by atoms with Gasteiger partial charge in [0.25, 0.3) is 0 Å². The van der Waals surface area contributed by atoms with Crippen LogP contribution in [0.25, 0.3) is 0 Å². The van der Waals surface area contributed by atoms with Crippen molar-refractivity contribution in [2.24, 2.45) is 0 Å². The Labute approximate surface area is 109 Å². The molecule has 1 aromatic carbocycles. The summed E-state index contributed by atoms with van der Waals surface area (Å²) in [5, 5.41) is 17.3. The predicted molar refractivity (Wildman–Crippen MR) is 69.0 cm³/mol. The van der Waals surface area contributed by atoms with E-state index >= 15 is 0 Å². The summed E-state index contributed by atoms with van der Waals surface area (Å²) in [4.78, 5) is 12.4. The molecule has 0 bridgehead atoms. The van der Waals surface area contributed by atoms with Gasteiger partial charge in [0.15, 0.2) is 0 Å². The van der Waals surface area contributed by atoms with Gasteiger partial charge < -0.3 is 10.0 Å². The van der Waals surface area contributed by atoms with E-state index in [4.69, 9.17) is 10.4 Å². The molecular weight excluding hydrogens is 284 g/mol. The third-order valence-electron chi connectivity index (χ3n) is 2.40. The van der Waals surface area contributed by atoms with Crippen LogP contribution in [0.2, 0.25) is 0 Å². The molecule has 0 radical (unpaired) electrons. The van der Waals surface area contributed by atoms with Crippen LogP contribution in [0, 0.1) is 11.3 Å². The molecule has 0 unspecified atom stereocenters. The molecule has 0 amide bonds. The van der Waals surface area contributed by atoms with Crippen LogP contribution >= 0.6 is 15.9 Å². The molecule has 0 atom stereocenters. The second-order valence-electron chi connectivity index (χ2n) is 3.69. The van der Waals surface area contributed by atoms with Crippen molar-refractivity contribution in [3.8, 4) is 6.07 Å². The Bertz CT molecular complexity index is 454. The molecule has 0 heterocycles. The summed E-state index contributed by atoms with van der Waals surface area (Å²) < 4.78 is 0.752. The number of carboxylic acids is 1. The second kappa shape index (κ2) is 6.26. The minimum atomic E-state index is -0.778. The summed E-state index contributed by atoms with van der Waals surface area (Å²) >= 11 is 3.32. The Morgan fingerprint density at radius 3 is 2.82 bits per heavy atom. The maximum atomic E-state index is 10.4. The first-order valence-corrected chi connectivity index (χ1v) is 5.96. The van der Waals surface area contributed by atoms with Gasteiger partial charge in [0.1, 0.15) is 6.07 Å². The molecular formula is C12H13BrN2O2. The van der Waals surface area contributed by atoms with E-state index in [2.05, 4.69) is 22.0 Å². The Balaban J connectivity index is 2.64. The van der Waals surface area contributed by atoms with Crippen molar-refractivity contribution >= 4 is 27.6 Å². The van der Waals surface area contributed by atoms with Crippen molar-refractivity contribution in [1.29, 1.82) is 5.26 Å². The summed E-state index contributed by atoms with van der Waals surface area (Å²) in [5.41, 5.74) is 1.55. The lowest BCUT2D eigenvalue weighted by molar-refractivity contribution is -0.137. The molecule has 5 heteroatoms. The van der Waals surface area contributed by atoms with Gasteiger partial charge in [-0.25, -0.2) is 0 Å². The monoisotopic (exact) mass is 296 g/mol. The van der Waals surface area contributed by atoms with E-state index in [0.29, 0.717) is 18.5 Å². The van der Waals surface area contributed by atoms with Crippen molar-refractivity contribution in [3.63, 3.8) is 0 Å². The zero-order valence-corrected chi connectivity index (χ0v) is 11.1. The highest BCUT2D eigenvalue weighted by atomic mass is 79.9. The van der Waals surface area contributed by atoms with Gasteiger partial charge in [-0.15, -0.1) is 0 Å². The van der Waals surface area contributed by atoms with Gasteiger partial charge in [-0.1, -0.05) is 0 Å². The van der Waals surface area contributed by atoms with Crippen LogP contribution in [0.5, 0.6) is 0 Å². The van der Waals surface area contributed by atoms with Crippen LogP contribution in [0.4, 0.5) is 5.69 Å². The molecule has 0 spiro atoms. The van der Waals surface area contributed by atoms with Crippen LogP contribution in [0.1, 0.15) is 18.4 Å². The largest absolute Gasteiger partial charge is 0.481 e. The van der Waals surface area contributed by atoms with Gasteiger partial charge in [-0.3, -0.25) is 4.79 Å². The number of nitriles is 1. The number of carboxylic acid groups (broad SMARTS) is 1. The molecule has 0 aromatic heterocycles. The first-order valence-electron chi connectivity index (χ1n) is 5.17. The van der Waals surface area contributed by atoms with Crippen molar-refractivity contribution in [2.75, 3.05) is 18.5 Å². The van der Waals surface area contributed by atoms with Crippen molar-refractivity contribution in [1.82, 2.24) is 0 Å². The highest BCUT2D eigenvalue weighted by Crippen LogP contribution is 2.23. The average Bonchev–Trinajstić information content (AvgIpc) is 2.28. The Morgan fingerprint density at radius 1 is 1.59 bits per heavy atom. The number of benzene rings is 1. The molecule has 90 valence electrons. The smallest absolute Gasteiger partial charge is 0.303 e. The maximum absolute atomic E-state index is 10.4. The number of rotatable bonds is 5. The molecule has 0 aliphatic heterocycles. The second-order valence-corrected chi connectivity index (χ2v) is 4.55. The predicted octanol–water partition coefficient (Wildman–Crippen LogP) is 2.62. The zero-order chi connectivity index (χ0) is 12.8. The number of anilines is 1. The van der Waals surface area contributed by atoms with E-state index in [0.717, 1.165) is 10.2 Å². The number of aliphatic carboxylic acids is 1. The van der Waals surface area contributed by atoms with Gasteiger partial charge >= 0.3 is 5.97 Å². The van der Waals surface area contributed by atoms with Gasteiger partial charge in [0.2, 0.25) is 0 Å². The van der Waals surface area contributed by atoms with Crippen LogP contribution in [0.3, 0.4) is 0 Å². The van der Waals surface area contributed by atoms with Crippen molar-refractivity contribution < 1.29 is 9.90 Å². The molecule has 1 rings (SSSR count). The molecule has 0 aliphatic rings. The molecule has 1 N–H and O–H groups in total. The Hall–Kier alpha value is -1.54. The number of hydrogen-bond donors (Lipinski definition) is 1. The van der Waals surface area contributed by atoms with Crippen LogP contribution in [-0.4, -0.2) is 24.7 Å². The normalized spacial score (nSPS) is 9.71. The molecule has 0 saturated carbocycles. The maximum Gasteiger partial charge on any atom is 0.303 e. The summed E-state index contributed by atoms with van der Waals surface area (Å²) in [7, 11) is 1.90. The van der Waals surface area contributed by atoms with E-state index < -0.39 is 5.97 Å². The Morgan fingerprint density at radius 2 is 2.29 bits per heavy atom. The lowest BCUT2D eigenvalue weighted by Gasteiger charge is -2.19. The van der Waals surface area contributed by atoms with Gasteiger partial charge in [-0.05, 0) is 40.5 Å². The number of nitrogens with zero attached hydrogens (tertiary/aromatic N) is 2. The molecule has 4 nitrogen and oxygen atoms in total. The standard InChI is InChI=1S/C12H13BrN2O2/c1-15(6-2-3-12(16)17)10-5-4-9(8-14)11(13)7-10/h4-5,7H,2-3,6H2,1H3,(H,16,17). The summed E-state index contributed by atoms with van der Waals surface area (Å²) in [6.07, 6.45) is 0.769. The molecule has 0 saturated heterocycles. The molecule has 17 heavy (non-hydrogen) atoms. The molecule has 1 aromatic rings. The number of halogens is 1. The highest BCUT2D eigenvalue weighted by Gasteiger charge is 2.05. The SMILES string of the molecule is CN(CCCC(=O)O)c1ccc(C#N)c(Br)c1. The van der Waals surface area contributed by atoms with Gasteiger partial charge in [0, 0.05) is 30.2 Å². The van der Waals surface area contributed by atoms with Gasteiger partial charge in [0.05, 0.1) is 5.56 Å². The minimum absolute atomic E-state index is 0.168. The third kappa shape index (κ3) is 4.08. The number of carbonyl (C=O) groups is 1. The van der Waals surface area contributed by atoms with Gasteiger partial charge in [-0.2, -0.15) is 5.26 Å².